The van der Waals surface area contributed by atoms with Crippen molar-refractivity contribution in [2.75, 3.05) is 0 Å². The Morgan fingerprint density at radius 2 is 1.88 bits per heavy atom. The van der Waals surface area contributed by atoms with Crippen LogP contribution in [0.4, 0.5) is 0 Å². The highest BCUT2D eigenvalue weighted by Gasteiger charge is 2.59. The summed E-state index contributed by atoms with van der Waals surface area (Å²) in [6, 6.07) is 13.9. The molecule has 2 heterocycles. The number of aromatic nitrogens is 1. The van der Waals surface area contributed by atoms with Gasteiger partial charge in [0.25, 0.3) is 11.6 Å². The Morgan fingerprint density at radius 3 is 2.54 bits per heavy atom. The Hall–Kier alpha value is -2.78. The number of benzene rings is 2. The number of hydrogen-bond acceptors (Lipinski definition) is 7. The first-order valence-electron chi connectivity index (χ1n) is 7.58. The lowest BCUT2D eigenvalue weighted by Gasteiger charge is -2.35. The van der Waals surface area contributed by atoms with Gasteiger partial charge in [-0.05, 0) is 23.3 Å². The number of carboxylic acids is 1. The van der Waals surface area contributed by atoms with Crippen LogP contribution in [0.2, 0.25) is 0 Å². The first-order valence-corrected chi connectivity index (χ1v) is 8.46. The summed E-state index contributed by atoms with van der Waals surface area (Å²) in [6.45, 7) is 0. The van der Waals surface area contributed by atoms with Gasteiger partial charge in [-0.25, -0.2) is 9.78 Å². The van der Waals surface area contributed by atoms with Crippen LogP contribution < -0.4 is 4.74 Å². The van der Waals surface area contributed by atoms with E-state index in [1.165, 1.54) is 6.07 Å². The van der Waals surface area contributed by atoms with Crippen molar-refractivity contribution in [1.29, 1.82) is 0 Å². The van der Waals surface area contributed by atoms with Gasteiger partial charge in [-0.2, -0.15) is 0 Å². The van der Waals surface area contributed by atoms with Crippen molar-refractivity contribution in [3.05, 3.63) is 70.2 Å². The molecule has 2 aromatic carbocycles. The molecule has 0 radical (unpaired) electrons. The van der Waals surface area contributed by atoms with Gasteiger partial charge in [0.1, 0.15) is 5.75 Å². The van der Waals surface area contributed by atoms with Crippen molar-refractivity contribution in [1.82, 2.24) is 4.98 Å². The summed E-state index contributed by atoms with van der Waals surface area (Å²) >= 11 is 0.703. The van der Waals surface area contributed by atoms with Gasteiger partial charge < -0.3 is 25.2 Å². The normalized spacial score (nSPS) is 18.6. The summed E-state index contributed by atoms with van der Waals surface area (Å²) in [7, 11) is 0. The molecular weight excluding hydrogens is 358 g/mol. The average Bonchev–Trinajstić information content (AvgIpc) is 3.22. The SMILES string of the molecule is O=C(O)c1csc(C(O)(O)C2(O)Oc3ccc(-c4ccccc4)c2c3)n1. The van der Waals surface area contributed by atoms with Crippen LogP contribution in [0.3, 0.4) is 0 Å². The predicted molar refractivity (Wildman–Crippen MR) is 91.6 cm³/mol. The molecule has 0 amide bonds. The summed E-state index contributed by atoms with van der Waals surface area (Å²) in [5.41, 5.74) is 1.10. The molecule has 1 aliphatic heterocycles. The van der Waals surface area contributed by atoms with Gasteiger partial charge in [-0.1, -0.05) is 36.4 Å². The maximum absolute atomic E-state index is 11.1. The molecule has 1 unspecified atom stereocenters. The molecule has 8 heteroatoms. The lowest BCUT2D eigenvalue weighted by atomic mass is 9.91. The van der Waals surface area contributed by atoms with Crippen LogP contribution in [0.25, 0.3) is 11.1 Å². The Morgan fingerprint density at radius 1 is 1.15 bits per heavy atom. The Labute approximate surface area is 151 Å². The van der Waals surface area contributed by atoms with E-state index < -0.39 is 17.5 Å². The number of fused-ring (bicyclic) bond motifs is 2. The van der Waals surface area contributed by atoms with Gasteiger partial charge in [-0.3, -0.25) is 0 Å². The second-order valence-corrected chi connectivity index (χ2v) is 6.69. The maximum atomic E-state index is 11.1. The minimum absolute atomic E-state index is 0.151. The number of carboxylic acid groups (broad SMARTS) is 1. The largest absolute Gasteiger partial charge is 0.476 e. The molecular formula is C18H13NO6S. The summed E-state index contributed by atoms with van der Waals surface area (Å²) in [6.07, 6.45) is 0. The number of thiazole rings is 1. The van der Waals surface area contributed by atoms with E-state index >= 15 is 0 Å². The highest BCUT2D eigenvalue weighted by molar-refractivity contribution is 7.10. The van der Waals surface area contributed by atoms with E-state index in [1.807, 2.05) is 30.3 Å². The van der Waals surface area contributed by atoms with Crippen molar-refractivity contribution < 1.29 is 30.0 Å². The molecule has 4 rings (SSSR count). The number of nitrogens with zero attached hydrogens (tertiary/aromatic N) is 1. The Balaban J connectivity index is 1.84. The zero-order valence-corrected chi connectivity index (χ0v) is 14.0. The minimum Gasteiger partial charge on any atom is -0.476 e. The first-order chi connectivity index (χ1) is 12.3. The van der Waals surface area contributed by atoms with Gasteiger partial charge >= 0.3 is 5.97 Å². The number of carbonyl (C=O) groups is 1. The summed E-state index contributed by atoms with van der Waals surface area (Å²) in [4.78, 5) is 14.7. The lowest BCUT2D eigenvalue weighted by molar-refractivity contribution is -0.358. The summed E-state index contributed by atoms with van der Waals surface area (Å²) < 4.78 is 5.40. The first kappa shape index (κ1) is 16.7. The van der Waals surface area contributed by atoms with Gasteiger partial charge in [0, 0.05) is 10.9 Å². The highest BCUT2D eigenvalue weighted by Crippen LogP contribution is 2.49. The molecule has 7 nitrogen and oxygen atoms in total. The van der Waals surface area contributed by atoms with Gasteiger partial charge in [-0.15, -0.1) is 11.3 Å². The topological polar surface area (TPSA) is 120 Å². The van der Waals surface area contributed by atoms with Crippen molar-refractivity contribution in [3.63, 3.8) is 0 Å². The van der Waals surface area contributed by atoms with Crippen molar-refractivity contribution in [2.45, 2.75) is 11.6 Å². The predicted octanol–water partition coefficient (Wildman–Crippen LogP) is 1.88. The molecule has 1 atom stereocenters. The molecule has 0 spiro atoms. The fourth-order valence-corrected chi connectivity index (χ4v) is 3.73. The zero-order valence-electron chi connectivity index (χ0n) is 13.2. The Bertz CT molecular complexity index is 1000. The van der Waals surface area contributed by atoms with E-state index in [0.717, 1.165) is 10.9 Å². The molecule has 0 saturated heterocycles. The summed E-state index contributed by atoms with van der Waals surface area (Å²) in [5, 5.41) is 42.2. The number of hydrogen-bond donors (Lipinski definition) is 4. The molecule has 2 bridgehead atoms. The minimum atomic E-state index is -2.95. The monoisotopic (exact) mass is 371 g/mol. The van der Waals surface area contributed by atoms with E-state index in [0.29, 0.717) is 16.9 Å². The number of aromatic carboxylic acids is 1. The van der Waals surface area contributed by atoms with Gasteiger partial charge in [0.05, 0.1) is 0 Å². The van der Waals surface area contributed by atoms with Crippen LogP contribution in [0.5, 0.6) is 5.75 Å². The molecule has 3 aromatic rings. The van der Waals surface area contributed by atoms with E-state index in [9.17, 15) is 20.1 Å². The fraction of sp³-hybridized carbons (Fsp3) is 0.111. The third-order valence-corrected chi connectivity index (χ3v) is 5.14. The van der Waals surface area contributed by atoms with Crippen LogP contribution >= 0.6 is 11.3 Å². The van der Waals surface area contributed by atoms with Crippen molar-refractivity contribution in [3.8, 4) is 16.9 Å². The van der Waals surface area contributed by atoms with Crippen LogP contribution in [-0.4, -0.2) is 31.4 Å². The van der Waals surface area contributed by atoms with Gasteiger partial charge in [0.2, 0.25) is 0 Å². The molecule has 0 aliphatic carbocycles. The zero-order chi connectivity index (χ0) is 18.5. The second-order valence-electron chi connectivity index (χ2n) is 5.83. The van der Waals surface area contributed by atoms with Crippen LogP contribution in [0.15, 0.2) is 53.9 Å². The summed E-state index contributed by atoms with van der Waals surface area (Å²) in [5.74, 6) is -6.55. The molecule has 1 aliphatic rings. The number of aliphatic hydroxyl groups is 3. The average molecular weight is 371 g/mol. The fourth-order valence-electron chi connectivity index (χ4n) is 2.90. The van der Waals surface area contributed by atoms with E-state index in [4.69, 9.17) is 9.84 Å². The smallest absolute Gasteiger partial charge is 0.355 e. The lowest BCUT2D eigenvalue weighted by Crippen LogP contribution is -2.52. The maximum Gasteiger partial charge on any atom is 0.355 e. The standard InChI is InChI=1S/C18H13NO6S/c20-15(21)14-9-26-16(19-14)17(22,23)18(24)13-8-11(25-18)6-7-12(13)10-4-2-1-3-5-10/h1-9,22-24H,(H,20,21). The van der Waals surface area contributed by atoms with E-state index in [2.05, 4.69) is 4.98 Å². The molecule has 1 aromatic heterocycles. The molecule has 0 saturated carbocycles. The van der Waals surface area contributed by atoms with Crippen molar-refractivity contribution >= 4 is 17.3 Å². The third kappa shape index (κ3) is 2.31. The second kappa shape index (κ2) is 5.61. The van der Waals surface area contributed by atoms with Crippen molar-refractivity contribution in [2.24, 2.45) is 0 Å². The van der Waals surface area contributed by atoms with Crippen LogP contribution in [0, 0.1) is 0 Å². The molecule has 132 valence electrons. The molecule has 26 heavy (non-hydrogen) atoms. The highest BCUT2D eigenvalue weighted by atomic mass is 32.1. The van der Waals surface area contributed by atoms with E-state index in [1.54, 1.807) is 12.1 Å². The number of rotatable bonds is 4. The van der Waals surface area contributed by atoms with Crippen LogP contribution in [0.1, 0.15) is 21.1 Å². The molecule has 4 N–H and O–H groups in total. The van der Waals surface area contributed by atoms with E-state index in [-0.39, 0.29) is 22.0 Å². The third-order valence-electron chi connectivity index (χ3n) is 4.20. The Kier molecular flexibility index (Phi) is 3.60. The van der Waals surface area contributed by atoms with Crippen LogP contribution in [-0.2, 0) is 11.6 Å². The molecule has 0 fully saturated rings. The quantitative estimate of drug-likeness (QED) is 0.517. The van der Waals surface area contributed by atoms with Gasteiger partial charge in [0.15, 0.2) is 10.7 Å². The number of ether oxygens (including phenoxy) is 1.